The minimum absolute atomic E-state index is 0.0221. The molecule has 0 fully saturated rings. The molecular weight excluding hydrogens is 379 g/mol. The van der Waals surface area contributed by atoms with Crippen molar-refractivity contribution in [3.05, 3.63) is 47.3 Å². The lowest BCUT2D eigenvalue weighted by molar-refractivity contribution is -0.141. The number of hydrogen-bond acceptors (Lipinski definition) is 5. The van der Waals surface area contributed by atoms with Crippen LogP contribution in [-0.4, -0.2) is 27.5 Å². The van der Waals surface area contributed by atoms with Crippen LogP contribution >= 0.6 is 11.3 Å². The predicted octanol–water partition coefficient (Wildman–Crippen LogP) is 3.53. The fourth-order valence-corrected chi connectivity index (χ4v) is 4.50. The van der Waals surface area contributed by atoms with Gasteiger partial charge in [0.1, 0.15) is 10.8 Å². The predicted molar refractivity (Wildman–Crippen MR) is 86.9 cm³/mol. The van der Waals surface area contributed by atoms with Gasteiger partial charge in [0, 0.05) is 0 Å². The topological polar surface area (TPSA) is 63.7 Å². The zero-order valence-electron chi connectivity index (χ0n) is 13.0. The lowest BCUT2D eigenvalue weighted by atomic mass is 10.2. The molecule has 136 valence electrons. The van der Waals surface area contributed by atoms with Gasteiger partial charge < -0.3 is 4.74 Å². The van der Waals surface area contributed by atoms with Crippen molar-refractivity contribution in [2.45, 2.75) is 17.3 Å². The molecule has 10 heteroatoms. The van der Waals surface area contributed by atoms with E-state index < -0.39 is 34.3 Å². The quantitative estimate of drug-likeness (QED) is 0.705. The van der Waals surface area contributed by atoms with Crippen LogP contribution in [0.15, 0.2) is 46.0 Å². The molecule has 2 aromatic rings. The van der Waals surface area contributed by atoms with Crippen molar-refractivity contribution in [3.63, 3.8) is 0 Å². The molecule has 0 saturated heterocycles. The number of sulfonamides is 1. The Labute approximate surface area is 146 Å². The Morgan fingerprint density at radius 1 is 1.24 bits per heavy atom. The maximum atomic E-state index is 12.9. The van der Waals surface area contributed by atoms with Crippen LogP contribution < -0.4 is 4.31 Å². The van der Waals surface area contributed by atoms with Crippen LogP contribution in [0.5, 0.6) is 0 Å². The van der Waals surface area contributed by atoms with Crippen molar-refractivity contribution < 1.29 is 31.1 Å². The third-order valence-electron chi connectivity index (χ3n) is 3.08. The van der Waals surface area contributed by atoms with Crippen molar-refractivity contribution in [3.8, 4) is 0 Å². The highest BCUT2D eigenvalue weighted by Gasteiger charge is 2.33. The van der Waals surface area contributed by atoms with Crippen LogP contribution in [0.25, 0.3) is 0 Å². The molecule has 0 amide bonds. The maximum absolute atomic E-state index is 12.9. The van der Waals surface area contributed by atoms with Crippen molar-refractivity contribution in [2.24, 2.45) is 0 Å². The molecule has 0 radical (unpaired) electrons. The molecule has 25 heavy (non-hydrogen) atoms. The molecule has 0 spiro atoms. The highest BCUT2D eigenvalue weighted by molar-refractivity contribution is 7.94. The molecule has 0 bridgehead atoms. The van der Waals surface area contributed by atoms with Crippen molar-refractivity contribution in [2.75, 3.05) is 17.5 Å². The number of hydrogen-bond donors (Lipinski definition) is 0. The minimum Gasteiger partial charge on any atom is -0.465 e. The smallest absolute Gasteiger partial charge is 0.416 e. The van der Waals surface area contributed by atoms with E-state index in [1.807, 2.05) is 0 Å². The van der Waals surface area contributed by atoms with Gasteiger partial charge in [0.05, 0.1) is 17.9 Å². The first-order chi connectivity index (χ1) is 11.7. The fraction of sp³-hybridized carbons (Fsp3) is 0.267. The molecule has 0 unspecified atom stereocenters. The van der Waals surface area contributed by atoms with Crippen LogP contribution in [0.3, 0.4) is 0 Å². The average molecular weight is 393 g/mol. The summed E-state index contributed by atoms with van der Waals surface area (Å²) in [6.45, 7) is 0.837. The summed E-state index contributed by atoms with van der Waals surface area (Å²) in [5, 5.41) is 1.52. The molecule has 0 N–H and O–H groups in total. The van der Waals surface area contributed by atoms with Gasteiger partial charge in [-0.1, -0.05) is 12.1 Å². The summed E-state index contributed by atoms with van der Waals surface area (Å²) in [7, 11) is -4.20. The van der Waals surface area contributed by atoms with E-state index in [1.54, 1.807) is 6.92 Å². The Balaban J connectivity index is 2.51. The first kappa shape index (κ1) is 19.3. The molecule has 0 aliphatic carbocycles. The van der Waals surface area contributed by atoms with Gasteiger partial charge in [0.25, 0.3) is 10.0 Å². The number of esters is 1. The van der Waals surface area contributed by atoms with Gasteiger partial charge in [0.15, 0.2) is 0 Å². The van der Waals surface area contributed by atoms with Crippen LogP contribution in [0.2, 0.25) is 0 Å². The standard InChI is InChI=1S/C15H14F3NO4S2/c1-2-23-13(20)10-19(25(21,22)14-7-4-8-24-14)12-6-3-5-11(9-12)15(16,17)18/h3-9H,2,10H2,1H3. The Bertz CT molecular complexity index is 833. The second-order valence-electron chi connectivity index (χ2n) is 4.80. The molecule has 0 atom stereocenters. The highest BCUT2D eigenvalue weighted by Crippen LogP contribution is 2.33. The molecular formula is C15H14F3NO4S2. The molecule has 0 aliphatic heterocycles. The fourth-order valence-electron chi connectivity index (χ4n) is 2.00. The first-order valence-electron chi connectivity index (χ1n) is 7.05. The highest BCUT2D eigenvalue weighted by atomic mass is 32.2. The number of carbonyl (C=O) groups is 1. The Morgan fingerprint density at radius 3 is 2.52 bits per heavy atom. The van der Waals surface area contributed by atoms with Gasteiger partial charge in [-0.05, 0) is 36.6 Å². The monoisotopic (exact) mass is 393 g/mol. The van der Waals surface area contributed by atoms with E-state index in [1.165, 1.54) is 23.6 Å². The summed E-state index contributed by atoms with van der Waals surface area (Å²) in [6, 6.07) is 6.59. The van der Waals surface area contributed by atoms with Crippen molar-refractivity contribution >= 4 is 33.0 Å². The van der Waals surface area contributed by atoms with Crippen LogP contribution in [0.1, 0.15) is 12.5 Å². The number of ether oxygens (including phenoxy) is 1. The lowest BCUT2D eigenvalue weighted by Gasteiger charge is -2.23. The van der Waals surface area contributed by atoms with E-state index in [0.717, 1.165) is 23.5 Å². The molecule has 5 nitrogen and oxygen atoms in total. The van der Waals surface area contributed by atoms with E-state index in [9.17, 15) is 26.4 Å². The SMILES string of the molecule is CCOC(=O)CN(c1cccc(C(F)(F)F)c1)S(=O)(=O)c1cccs1. The number of benzene rings is 1. The van der Waals surface area contributed by atoms with E-state index in [0.29, 0.717) is 10.4 Å². The number of thiophene rings is 1. The minimum atomic E-state index is -4.64. The zero-order chi connectivity index (χ0) is 18.7. The Hall–Kier alpha value is -2.07. The van der Waals surface area contributed by atoms with E-state index >= 15 is 0 Å². The third kappa shape index (κ3) is 4.51. The normalized spacial score (nSPS) is 12.0. The number of nitrogens with zero attached hydrogens (tertiary/aromatic N) is 1. The summed E-state index contributed by atoms with van der Waals surface area (Å²) in [4.78, 5) is 11.8. The lowest BCUT2D eigenvalue weighted by Crippen LogP contribution is -2.36. The zero-order valence-corrected chi connectivity index (χ0v) is 14.6. The summed E-state index contributed by atoms with van der Waals surface area (Å²) >= 11 is 0.899. The van der Waals surface area contributed by atoms with Gasteiger partial charge >= 0.3 is 12.1 Å². The maximum Gasteiger partial charge on any atom is 0.416 e. The average Bonchev–Trinajstić information content (AvgIpc) is 3.07. The first-order valence-corrected chi connectivity index (χ1v) is 9.37. The third-order valence-corrected chi connectivity index (χ3v) is 6.23. The number of carbonyl (C=O) groups excluding carboxylic acids is 1. The van der Waals surface area contributed by atoms with Crippen LogP contribution in [0, 0.1) is 0 Å². The summed E-state index contributed by atoms with van der Waals surface area (Å²) in [6.07, 6.45) is -4.64. The summed E-state index contributed by atoms with van der Waals surface area (Å²) < 4.78 is 69.5. The van der Waals surface area contributed by atoms with E-state index in [4.69, 9.17) is 4.74 Å². The van der Waals surface area contributed by atoms with E-state index in [-0.39, 0.29) is 16.5 Å². The van der Waals surface area contributed by atoms with E-state index in [2.05, 4.69) is 0 Å². The Morgan fingerprint density at radius 2 is 1.96 bits per heavy atom. The molecule has 1 heterocycles. The van der Waals surface area contributed by atoms with Crippen molar-refractivity contribution in [1.29, 1.82) is 0 Å². The second kappa shape index (κ2) is 7.44. The largest absolute Gasteiger partial charge is 0.465 e. The number of anilines is 1. The number of alkyl halides is 3. The van der Waals surface area contributed by atoms with Crippen molar-refractivity contribution in [1.82, 2.24) is 0 Å². The van der Waals surface area contributed by atoms with Crippen LogP contribution in [-0.2, 0) is 25.7 Å². The van der Waals surface area contributed by atoms with Gasteiger partial charge in [-0.2, -0.15) is 13.2 Å². The summed E-state index contributed by atoms with van der Waals surface area (Å²) in [5.41, 5.74) is -1.28. The molecule has 2 rings (SSSR count). The van der Waals surface area contributed by atoms with Gasteiger partial charge in [-0.15, -0.1) is 11.3 Å². The molecule has 1 aromatic heterocycles. The second-order valence-corrected chi connectivity index (χ2v) is 7.83. The molecule has 1 aromatic carbocycles. The molecule has 0 saturated carbocycles. The van der Waals surface area contributed by atoms with Crippen LogP contribution in [0.4, 0.5) is 18.9 Å². The number of rotatable bonds is 6. The Kier molecular flexibility index (Phi) is 5.73. The van der Waals surface area contributed by atoms with Gasteiger partial charge in [-0.25, -0.2) is 8.42 Å². The van der Waals surface area contributed by atoms with Gasteiger partial charge in [-0.3, -0.25) is 9.10 Å². The summed E-state index contributed by atoms with van der Waals surface area (Å²) in [5.74, 6) is -0.861. The van der Waals surface area contributed by atoms with Gasteiger partial charge in [0.2, 0.25) is 0 Å². The molecule has 0 aliphatic rings. The number of halogens is 3.